The molecule has 1 aromatic rings. The van der Waals surface area contributed by atoms with Gasteiger partial charge in [0.05, 0.1) is 14.2 Å². The van der Waals surface area contributed by atoms with Crippen LogP contribution in [0.4, 0.5) is 0 Å². The Morgan fingerprint density at radius 2 is 1.84 bits per heavy atom. The van der Waals surface area contributed by atoms with Crippen LogP contribution in [-0.4, -0.2) is 39.8 Å². The topological polar surface area (TPSA) is 54.9 Å². The summed E-state index contributed by atoms with van der Waals surface area (Å²) in [4.78, 5) is 4.35. The van der Waals surface area contributed by atoms with E-state index in [9.17, 15) is 0 Å². The number of guanidine groups is 1. The molecule has 1 aliphatic rings. The average molecular weight is 348 g/mol. The minimum absolute atomic E-state index is 0.563. The Balaban J connectivity index is 1.72. The monoisotopic (exact) mass is 347 g/mol. The second kappa shape index (κ2) is 10.2. The van der Waals surface area contributed by atoms with Gasteiger partial charge in [-0.05, 0) is 62.1 Å². The van der Waals surface area contributed by atoms with E-state index >= 15 is 0 Å². The Bertz CT molecular complexity index is 552. The SMILES string of the molecule is CN=C(NCCCc1ccc(OC)c(OC)c1)NC1CCC(C)CC1. The molecule has 25 heavy (non-hydrogen) atoms. The molecule has 0 aromatic heterocycles. The molecule has 5 nitrogen and oxygen atoms in total. The number of nitrogens with zero attached hydrogens (tertiary/aromatic N) is 1. The predicted octanol–water partition coefficient (Wildman–Crippen LogP) is 3.38. The van der Waals surface area contributed by atoms with Crippen LogP contribution in [0.25, 0.3) is 0 Å². The standard InChI is InChI=1S/C20H33N3O2/c1-15-7-10-17(11-8-15)23-20(21-2)22-13-5-6-16-9-12-18(24-3)19(14-16)25-4/h9,12,14-15,17H,5-8,10-11,13H2,1-4H3,(H2,21,22,23). The predicted molar refractivity (Wildman–Crippen MR) is 104 cm³/mol. The fourth-order valence-corrected chi connectivity index (χ4v) is 3.33. The summed E-state index contributed by atoms with van der Waals surface area (Å²) in [6.45, 7) is 3.24. The number of methoxy groups -OCH3 is 2. The molecule has 1 aliphatic carbocycles. The summed E-state index contributed by atoms with van der Waals surface area (Å²) in [6.07, 6.45) is 7.14. The molecule has 0 radical (unpaired) electrons. The largest absolute Gasteiger partial charge is 0.493 e. The third kappa shape index (κ3) is 6.15. The molecule has 1 fully saturated rings. The van der Waals surface area contributed by atoms with Crippen molar-refractivity contribution in [3.8, 4) is 11.5 Å². The van der Waals surface area contributed by atoms with Gasteiger partial charge in [-0.3, -0.25) is 4.99 Å². The van der Waals surface area contributed by atoms with Gasteiger partial charge in [0.15, 0.2) is 17.5 Å². The summed E-state index contributed by atoms with van der Waals surface area (Å²) >= 11 is 0. The van der Waals surface area contributed by atoms with Crippen molar-refractivity contribution < 1.29 is 9.47 Å². The van der Waals surface area contributed by atoms with E-state index in [-0.39, 0.29) is 0 Å². The van der Waals surface area contributed by atoms with Gasteiger partial charge in [0.25, 0.3) is 0 Å². The average Bonchev–Trinajstić information content (AvgIpc) is 2.65. The van der Waals surface area contributed by atoms with Gasteiger partial charge >= 0.3 is 0 Å². The van der Waals surface area contributed by atoms with Gasteiger partial charge in [-0.1, -0.05) is 13.0 Å². The molecule has 0 heterocycles. The van der Waals surface area contributed by atoms with E-state index in [0.29, 0.717) is 6.04 Å². The summed E-state index contributed by atoms with van der Waals surface area (Å²) < 4.78 is 10.6. The molecule has 0 unspecified atom stereocenters. The lowest BCUT2D eigenvalue weighted by atomic mass is 9.87. The zero-order valence-corrected chi connectivity index (χ0v) is 16.1. The van der Waals surface area contributed by atoms with Crippen LogP contribution in [0.5, 0.6) is 11.5 Å². The van der Waals surface area contributed by atoms with E-state index in [4.69, 9.17) is 9.47 Å². The van der Waals surface area contributed by atoms with E-state index in [0.717, 1.165) is 42.8 Å². The van der Waals surface area contributed by atoms with Crippen molar-refractivity contribution in [3.63, 3.8) is 0 Å². The number of aliphatic imine (C=N–C) groups is 1. The fraction of sp³-hybridized carbons (Fsp3) is 0.650. The quantitative estimate of drug-likeness (QED) is 0.451. The second-order valence-corrected chi connectivity index (χ2v) is 6.89. The van der Waals surface area contributed by atoms with Crippen LogP contribution in [0.15, 0.2) is 23.2 Å². The first kappa shape index (κ1) is 19.4. The highest BCUT2D eigenvalue weighted by atomic mass is 16.5. The van der Waals surface area contributed by atoms with Crippen molar-refractivity contribution in [1.29, 1.82) is 0 Å². The molecule has 0 amide bonds. The summed E-state index contributed by atoms with van der Waals surface area (Å²) in [6, 6.07) is 6.67. The van der Waals surface area contributed by atoms with Gasteiger partial charge in [0.1, 0.15) is 0 Å². The first-order chi connectivity index (χ1) is 12.2. The van der Waals surface area contributed by atoms with Crippen molar-refractivity contribution >= 4 is 5.96 Å². The molecule has 0 spiro atoms. The Kier molecular flexibility index (Phi) is 7.89. The first-order valence-corrected chi connectivity index (χ1v) is 9.34. The molecule has 0 aliphatic heterocycles. The number of aryl methyl sites for hydroxylation is 1. The van der Waals surface area contributed by atoms with Gasteiger partial charge in [-0.25, -0.2) is 0 Å². The number of hydrogen-bond acceptors (Lipinski definition) is 3. The maximum Gasteiger partial charge on any atom is 0.191 e. The Hall–Kier alpha value is -1.91. The molecule has 140 valence electrons. The van der Waals surface area contributed by atoms with Crippen molar-refractivity contribution in [3.05, 3.63) is 23.8 Å². The third-order valence-electron chi connectivity index (χ3n) is 4.96. The van der Waals surface area contributed by atoms with Crippen LogP contribution < -0.4 is 20.1 Å². The van der Waals surface area contributed by atoms with E-state index in [1.165, 1.54) is 31.2 Å². The Morgan fingerprint density at radius 3 is 2.48 bits per heavy atom. The first-order valence-electron chi connectivity index (χ1n) is 9.34. The summed E-state index contributed by atoms with van der Waals surface area (Å²) in [7, 11) is 5.17. The van der Waals surface area contributed by atoms with Gasteiger partial charge in [0.2, 0.25) is 0 Å². The molecule has 1 aromatic carbocycles. The van der Waals surface area contributed by atoms with Crippen molar-refractivity contribution in [2.45, 2.75) is 51.5 Å². The molecule has 0 atom stereocenters. The molecule has 2 rings (SSSR count). The van der Waals surface area contributed by atoms with Gasteiger partial charge in [0, 0.05) is 19.6 Å². The fourth-order valence-electron chi connectivity index (χ4n) is 3.33. The lowest BCUT2D eigenvalue weighted by molar-refractivity contribution is 0.329. The van der Waals surface area contributed by atoms with E-state index in [1.54, 1.807) is 14.2 Å². The molecule has 1 saturated carbocycles. The number of rotatable bonds is 7. The van der Waals surface area contributed by atoms with Crippen LogP contribution in [0, 0.1) is 5.92 Å². The normalized spacial score (nSPS) is 20.9. The molecular formula is C20H33N3O2. The summed E-state index contributed by atoms with van der Waals surface area (Å²) in [5.74, 6) is 3.36. The number of hydrogen-bond donors (Lipinski definition) is 2. The number of benzene rings is 1. The van der Waals surface area contributed by atoms with Crippen LogP contribution in [-0.2, 0) is 6.42 Å². The summed E-state index contributed by atoms with van der Waals surface area (Å²) in [5, 5.41) is 6.99. The van der Waals surface area contributed by atoms with Crippen molar-refractivity contribution in [1.82, 2.24) is 10.6 Å². The van der Waals surface area contributed by atoms with Crippen molar-refractivity contribution in [2.24, 2.45) is 10.9 Å². The minimum atomic E-state index is 0.563. The molecule has 2 N–H and O–H groups in total. The highest BCUT2D eigenvalue weighted by Gasteiger charge is 2.18. The second-order valence-electron chi connectivity index (χ2n) is 6.89. The van der Waals surface area contributed by atoms with Crippen molar-refractivity contribution in [2.75, 3.05) is 27.8 Å². The van der Waals surface area contributed by atoms with Crippen LogP contribution in [0.1, 0.15) is 44.6 Å². The van der Waals surface area contributed by atoms with Gasteiger partial charge < -0.3 is 20.1 Å². The highest BCUT2D eigenvalue weighted by molar-refractivity contribution is 5.79. The molecule has 0 saturated heterocycles. The summed E-state index contributed by atoms with van der Waals surface area (Å²) in [5.41, 5.74) is 1.25. The van der Waals surface area contributed by atoms with Gasteiger partial charge in [-0.15, -0.1) is 0 Å². The van der Waals surface area contributed by atoms with Crippen LogP contribution >= 0.6 is 0 Å². The molecule has 0 bridgehead atoms. The smallest absolute Gasteiger partial charge is 0.191 e. The molecule has 5 heteroatoms. The maximum atomic E-state index is 5.36. The number of ether oxygens (including phenoxy) is 2. The zero-order valence-electron chi connectivity index (χ0n) is 16.1. The van der Waals surface area contributed by atoms with Crippen LogP contribution in [0.3, 0.4) is 0 Å². The van der Waals surface area contributed by atoms with E-state index in [2.05, 4.69) is 34.7 Å². The third-order valence-corrected chi connectivity index (χ3v) is 4.96. The Morgan fingerprint density at radius 1 is 1.12 bits per heavy atom. The zero-order chi connectivity index (χ0) is 18.1. The van der Waals surface area contributed by atoms with E-state index < -0.39 is 0 Å². The molecular weight excluding hydrogens is 314 g/mol. The van der Waals surface area contributed by atoms with E-state index in [1.807, 2.05) is 13.1 Å². The highest BCUT2D eigenvalue weighted by Crippen LogP contribution is 2.28. The Labute approximate surface area is 152 Å². The lowest BCUT2D eigenvalue weighted by Crippen LogP contribution is -2.45. The lowest BCUT2D eigenvalue weighted by Gasteiger charge is -2.28. The maximum absolute atomic E-state index is 5.36. The minimum Gasteiger partial charge on any atom is -0.493 e. The number of nitrogens with one attached hydrogen (secondary N) is 2. The van der Waals surface area contributed by atoms with Crippen LogP contribution in [0.2, 0.25) is 0 Å². The van der Waals surface area contributed by atoms with Gasteiger partial charge in [-0.2, -0.15) is 0 Å².